The van der Waals surface area contributed by atoms with Crippen molar-refractivity contribution < 1.29 is 0 Å². The molecule has 0 amide bonds. The Morgan fingerprint density at radius 3 is 2.71 bits per heavy atom. The molecule has 1 aliphatic rings. The van der Waals surface area contributed by atoms with Crippen molar-refractivity contribution in [1.29, 1.82) is 0 Å². The Labute approximate surface area is 101 Å². The average molecular weight is 231 g/mol. The molecule has 3 heterocycles. The van der Waals surface area contributed by atoms with Crippen LogP contribution in [0.25, 0.3) is 5.65 Å². The zero-order valence-electron chi connectivity index (χ0n) is 10.3. The van der Waals surface area contributed by atoms with Crippen LogP contribution in [-0.2, 0) is 0 Å². The highest BCUT2D eigenvalue weighted by molar-refractivity contribution is 5.69. The molecule has 0 aliphatic carbocycles. The van der Waals surface area contributed by atoms with Crippen LogP contribution in [0.3, 0.4) is 0 Å². The van der Waals surface area contributed by atoms with Crippen molar-refractivity contribution >= 4 is 17.2 Å². The van der Waals surface area contributed by atoms with E-state index in [4.69, 9.17) is 4.98 Å². The molecule has 1 fully saturated rings. The first kappa shape index (κ1) is 10.4. The molecule has 0 saturated carbocycles. The van der Waals surface area contributed by atoms with E-state index in [0.717, 1.165) is 30.2 Å². The molecule has 2 aromatic heterocycles. The lowest BCUT2D eigenvalue weighted by atomic mass is 10.4. The van der Waals surface area contributed by atoms with Gasteiger partial charge in [0.15, 0.2) is 5.65 Å². The zero-order chi connectivity index (χ0) is 11.8. The summed E-state index contributed by atoms with van der Waals surface area (Å²) < 4.78 is 1.83. The molecule has 5 heteroatoms. The van der Waals surface area contributed by atoms with Crippen LogP contribution in [0, 0.1) is 0 Å². The smallest absolute Gasteiger partial charge is 0.180 e. The van der Waals surface area contributed by atoms with Crippen molar-refractivity contribution in [3.05, 3.63) is 18.5 Å². The highest BCUT2D eigenvalue weighted by Gasteiger charge is 2.15. The number of nitrogens with zero attached hydrogens (tertiary/aromatic N) is 5. The van der Waals surface area contributed by atoms with Crippen LogP contribution in [0.4, 0.5) is 11.5 Å². The van der Waals surface area contributed by atoms with Crippen molar-refractivity contribution in [2.45, 2.75) is 12.8 Å². The summed E-state index contributed by atoms with van der Waals surface area (Å²) in [6.07, 6.45) is 6.39. The maximum Gasteiger partial charge on any atom is 0.180 e. The van der Waals surface area contributed by atoms with Gasteiger partial charge in [-0.25, -0.2) is 9.50 Å². The van der Waals surface area contributed by atoms with Crippen LogP contribution in [0.5, 0.6) is 0 Å². The van der Waals surface area contributed by atoms with Gasteiger partial charge in [-0.1, -0.05) is 0 Å². The third-order valence-electron chi connectivity index (χ3n) is 3.25. The second-order valence-corrected chi connectivity index (χ2v) is 4.67. The summed E-state index contributed by atoms with van der Waals surface area (Å²) >= 11 is 0. The first-order chi connectivity index (χ1) is 8.25. The summed E-state index contributed by atoms with van der Waals surface area (Å²) in [5.41, 5.74) is 1.99. The highest BCUT2D eigenvalue weighted by Crippen LogP contribution is 2.22. The fourth-order valence-corrected chi connectivity index (χ4v) is 2.29. The first-order valence-corrected chi connectivity index (χ1v) is 6.02. The molecule has 1 aliphatic heterocycles. The van der Waals surface area contributed by atoms with E-state index in [9.17, 15) is 0 Å². The Morgan fingerprint density at radius 1 is 1.24 bits per heavy atom. The number of rotatable bonds is 2. The molecule has 1 saturated heterocycles. The van der Waals surface area contributed by atoms with Gasteiger partial charge in [-0.3, -0.25) is 0 Å². The van der Waals surface area contributed by atoms with Gasteiger partial charge in [0.25, 0.3) is 0 Å². The van der Waals surface area contributed by atoms with E-state index in [1.54, 1.807) is 0 Å². The average Bonchev–Trinajstić information content (AvgIpc) is 2.97. The van der Waals surface area contributed by atoms with E-state index in [2.05, 4.69) is 10.00 Å². The molecule has 90 valence electrons. The lowest BCUT2D eigenvalue weighted by Gasteiger charge is -2.16. The zero-order valence-corrected chi connectivity index (χ0v) is 10.3. The largest absolute Gasteiger partial charge is 0.373 e. The van der Waals surface area contributed by atoms with Gasteiger partial charge in [-0.15, -0.1) is 0 Å². The van der Waals surface area contributed by atoms with Crippen LogP contribution in [0.15, 0.2) is 18.5 Å². The minimum atomic E-state index is 0.930. The Bertz CT molecular complexity index is 525. The SMILES string of the molecule is CN(C)c1cnn2ccc(N3CCCC3)nc12. The monoisotopic (exact) mass is 231 g/mol. The Hall–Kier alpha value is -1.78. The maximum atomic E-state index is 4.72. The number of anilines is 2. The fourth-order valence-electron chi connectivity index (χ4n) is 2.29. The summed E-state index contributed by atoms with van der Waals surface area (Å²) in [6, 6.07) is 2.05. The summed E-state index contributed by atoms with van der Waals surface area (Å²) in [6.45, 7) is 2.24. The van der Waals surface area contributed by atoms with Gasteiger partial charge in [0, 0.05) is 33.4 Å². The van der Waals surface area contributed by atoms with Crippen molar-refractivity contribution in [1.82, 2.24) is 14.6 Å². The third-order valence-corrected chi connectivity index (χ3v) is 3.25. The number of hydrogen-bond acceptors (Lipinski definition) is 4. The van der Waals surface area contributed by atoms with Crippen LogP contribution in [-0.4, -0.2) is 41.8 Å². The van der Waals surface area contributed by atoms with Gasteiger partial charge in [-0.2, -0.15) is 5.10 Å². The van der Waals surface area contributed by atoms with E-state index in [1.165, 1.54) is 12.8 Å². The molecule has 0 atom stereocenters. The highest BCUT2D eigenvalue weighted by atomic mass is 15.3. The van der Waals surface area contributed by atoms with E-state index in [-0.39, 0.29) is 0 Å². The van der Waals surface area contributed by atoms with Crippen molar-refractivity contribution in [3.63, 3.8) is 0 Å². The second kappa shape index (κ2) is 3.91. The summed E-state index contributed by atoms with van der Waals surface area (Å²) in [5.74, 6) is 1.07. The minimum Gasteiger partial charge on any atom is -0.373 e. The molecule has 0 bridgehead atoms. The van der Waals surface area contributed by atoms with Gasteiger partial charge >= 0.3 is 0 Å². The molecule has 0 radical (unpaired) electrons. The topological polar surface area (TPSA) is 36.7 Å². The van der Waals surface area contributed by atoms with Crippen LogP contribution in [0.2, 0.25) is 0 Å². The molecule has 5 nitrogen and oxygen atoms in total. The van der Waals surface area contributed by atoms with Gasteiger partial charge in [-0.05, 0) is 18.9 Å². The first-order valence-electron chi connectivity index (χ1n) is 6.02. The van der Waals surface area contributed by atoms with Crippen LogP contribution >= 0.6 is 0 Å². The molecule has 0 spiro atoms. The van der Waals surface area contributed by atoms with E-state index >= 15 is 0 Å². The lowest BCUT2D eigenvalue weighted by molar-refractivity contribution is 0.898. The van der Waals surface area contributed by atoms with Crippen LogP contribution < -0.4 is 9.80 Å². The maximum absolute atomic E-state index is 4.72. The van der Waals surface area contributed by atoms with Gasteiger partial charge in [0.2, 0.25) is 0 Å². The Morgan fingerprint density at radius 2 is 2.00 bits per heavy atom. The van der Waals surface area contributed by atoms with Crippen molar-refractivity contribution in [2.24, 2.45) is 0 Å². The minimum absolute atomic E-state index is 0.930. The number of aromatic nitrogens is 3. The number of hydrogen-bond donors (Lipinski definition) is 0. The standard InChI is InChI=1S/C12H17N5/c1-15(2)10-9-13-17-8-5-11(14-12(10)17)16-6-3-4-7-16/h5,8-9H,3-4,6-7H2,1-2H3. The molecular weight excluding hydrogens is 214 g/mol. The van der Waals surface area contributed by atoms with Gasteiger partial charge < -0.3 is 9.80 Å². The number of fused-ring (bicyclic) bond motifs is 1. The van der Waals surface area contributed by atoms with E-state index in [0.29, 0.717) is 0 Å². The summed E-state index contributed by atoms with van der Waals surface area (Å²) in [7, 11) is 4.03. The lowest BCUT2D eigenvalue weighted by Crippen LogP contribution is -2.19. The summed E-state index contributed by atoms with van der Waals surface area (Å²) in [4.78, 5) is 9.11. The molecule has 0 unspecified atom stereocenters. The van der Waals surface area contributed by atoms with E-state index < -0.39 is 0 Å². The predicted molar refractivity (Wildman–Crippen MR) is 68.8 cm³/mol. The Kier molecular flexibility index (Phi) is 2.39. The summed E-state index contributed by atoms with van der Waals surface area (Å²) in [5, 5.41) is 4.30. The molecule has 17 heavy (non-hydrogen) atoms. The normalized spacial score (nSPS) is 15.8. The van der Waals surface area contributed by atoms with Crippen molar-refractivity contribution in [2.75, 3.05) is 37.0 Å². The quantitative estimate of drug-likeness (QED) is 0.782. The predicted octanol–water partition coefficient (Wildman–Crippen LogP) is 1.40. The van der Waals surface area contributed by atoms with E-state index in [1.807, 2.05) is 42.0 Å². The fraction of sp³-hybridized carbons (Fsp3) is 0.500. The Balaban J connectivity index is 2.06. The van der Waals surface area contributed by atoms with Crippen LogP contribution in [0.1, 0.15) is 12.8 Å². The van der Waals surface area contributed by atoms with Gasteiger partial charge in [0.05, 0.1) is 6.20 Å². The molecular formula is C12H17N5. The van der Waals surface area contributed by atoms with Crippen molar-refractivity contribution in [3.8, 4) is 0 Å². The molecule has 2 aromatic rings. The molecule has 3 rings (SSSR count). The second-order valence-electron chi connectivity index (χ2n) is 4.67. The third kappa shape index (κ3) is 1.71. The molecule has 0 N–H and O–H groups in total. The molecule has 0 aromatic carbocycles. The van der Waals surface area contributed by atoms with Gasteiger partial charge in [0.1, 0.15) is 11.5 Å².